The molecule has 1 aliphatic rings. The maximum absolute atomic E-state index is 13.9. The largest absolute Gasteiger partial charge is 0.355 e. The number of nitrogens with one attached hydrogen (secondary N) is 1. The minimum atomic E-state index is -3.94. The van der Waals surface area contributed by atoms with Crippen LogP contribution >= 0.6 is 0 Å². The van der Waals surface area contributed by atoms with Crippen LogP contribution in [0.5, 0.6) is 0 Å². The van der Waals surface area contributed by atoms with Crippen LogP contribution in [0.4, 0.5) is 8.78 Å². The molecule has 5 nitrogen and oxygen atoms in total. The second-order valence-corrected chi connectivity index (χ2v) is 8.00. The van der Waals surface area contributed by atoms with Gasteiger partial charge in [-0.1, -0.05) is 36.4 Å². The zero-order valence-electron chi connectivity index (χ0n) is 13.9. The van der Waals surface area contributed by atoms with E-state index in [1.807, 2.05) is 0 Å². The molecule has 1 heterocycles. The molecule has 2 aromatic rings. The van der Waals surface area contributed by atoms with Crippen molar-refractivity contribution < 1.29 is 22.0 Å². The fraction of sp³-hybridized carbons (Fsp3) is 0.278. The monoisotopic (exact) mass is 380 g/mol. The predicted molar refractivity (Wildman–Crippen MR) is 92.5 cm³/mol. The summed E-state index contributed by atoms with van der Waals surface area (Å²) < 4.78 is 54.1. The van der Waals surface area contributed by atoms with Gasteiger partial charge >= 0.3 is 0 Å². The summed E-state index contributed by atoms with van der Waals surface area (Å²) in [4.78, 5) is 12.0. The summed E-state index contributed by atoms with van der Waals surface area (Å²) in [7, 11) is -3.94. The number of nitrogens with zero attached hydrogens (tertiary/aromatic N) is 1. The molecule has 0 bridgehead atoms. The summed E-state index contributed by atoms with van der Waals surface area (Å²) in [6.07, 6.45) is -0.0187. The van der Waals surface area contributed by atoms with Gasteiger partial charge in [0.1, 0.15) is 11.6 Å². The van der Waals surface area contributed by atoms with Crippen molar-refractivity contribution in [3.63, 3.8) is 0 Å². The van der Waals surface area contributed by atoms with Crippen LogP contribution in [0.3, 0.4) is 0 Å². The molecular weight excluding hydrogens is 362 g/mol. The number of carbonyl (C=O) groups excluding carboxylic acids is 1. The standard InChI is InChI=1S/C18H18F2N2O3S/c19-15-7-6-14(16(20)10-15)12-26(24,25)22-9-8-21-18(23)11-17(22)13-4-2-1-3-5-13/h1-7,10,17H,8-9,11-12H2,(H,21,23)/t17-/m1/s1. The van der Waals surface area contributed by atoms with E-state index in [-0.39, 0.29) is 31.0 Å². The Morgan fingerprint density at radius 2 is 1.85 bits per heavy atom. The Balaban J connectivity index is 1.95. The smallest absolute Gasteiger partial charge is 0.222 e. The van der Waals surface area contributed by atoms with Gasteiger partial charge in [-0.3, -0.25) is 4.79 Å². The second kappa shape index (κ2) is 7.51. The predicted octanol–water partition coefficient (Wildman–Crippen LogP) is 2.36. The van der Waals surface area contributed by atoms with Crippen LogP contribution in [0.25, 0.3) is 0 Å². The molecule has 1 fully saturated rings. The first-order valence-corrected chi connectivity index (χ1v) is 9.73. The quantitative estimate of drug-likeness (QED) is 0.886. The molecule has 8 heteroatoms. The first-order valence-electron chi connectivity index (χ1n) is 8.12. The van der Waals surface area contributed by atoms with Gasteiger partial charge in [0, 0.05) is 31.1 Å². The maximum Gasteiger partial charge on any atom is 0.222 e. The SMILES string of the molecule is O=C1C[C@H](c2ccccc2)N(S(=O)(=O)Cc2ccc(F)cc2F)CCN1. The molecule has 0 aliphatic carbocycles. The number of hydrogen-bond donors (Lipinski definition) is 1. The van der Waals surface area contributed by atoms with Gasteiger partial charge in [-0.25, -0.2) is 17.2 Å². The summed E-state index contributed by atoms with van der Waals surface area (Å²) in [6, 6.07) is 11.0. The highest BCUT2D eigenvalue weighted by Gasteiger charge is 2.34. The van der Waals surface area contributed by atoms with Crippen molar-refractivity contribution in [2.75, 3.05) is 13.1 Å². The number of benzene rings is 2. The third-order valence-electron chi connectivity index (χ3n) is 4.28. The highest BCUT2D eigenvalue weighted by atomic mass is 32.2. The van der Waals surface area contributed by atoms with E-state index in [0.717, 1.165) is 12.1 Å². The van der Waals surface area contributed by atoms with Gasteiger partial charge in [0.25, 0.3) is 0 Å². The number of amides is 1. The van der Waals surface area contributed by atoms with Gasteiger partial charge in [0.2, 0.25) is 15.9 Å². The van der Waals surface area contributed by atoms with Gasteiger partial charge in [0.15, 0.2) is 0 Å². The Morgan fingerprint density at radius 3 is 2.54 bits per heavy atom. The molecule has 0 unspecified atom stereocenters. The fourth-order valence-corrected chi connectivity index (χ4v) is 4.77. The molecule has 1 amide bonds. The van der Waals surface area contributed by atoms with Gasteiger partial charge in [-0.2, -0.15) is 4.31 Å². The Hall–Kier alpha value is -2.32. The lowest BCUT2D eigenvalue weighted by molar-refractivity contribution is -0.121. The minimum Gasteiger partial charge on any atom is -0.355 e. The third kappa shape index (κ3) is 4.08. The first-order chi connectivity index (χ1) is 12.4. The van der Waals surface area contributed by atoms with Crippen LogP contribution in [-0.4, -0.2) is 31.7 Å². The van der Waals surface area contributed by atoms with Gasteiger partial charge < -0.3 is 5.32 Å². The number of rotatable bonds is 4. The minimum absolute atomic E-state index is 0.0187. The Morgan fingerprint density at radius 1 is 1.12 bits per heavy atom. The van der Waals surface area contributed by atoms with E-state index >= 15 is 0 Å². The van der Waals surface area contributed by atoms with Gasteiger partial charge in [0.05, 0.1) is 11.8 Å². The first kappa shape index (κ1) is 18.5. The van der Waals surface area contributed by atoms with Crippen molar-refractivity contribution in [2.24, 2.45) is 0 Å². The summed E-state index contributed by atoms with van der Waals surface area (Å²) in [5, 5.41) is 2.66. The number of hydrogen-bond acceptors (Lipinski definition) is 3. The number of carbonyl (C=O) groups is 1. The Bertz CT molecular complexity index is 904. The van der Waals surface area contributed by atoms with Crippen LogP contribution in [0.15, 0.2) is 48.5 Å². The summed E-state index contributed by atoms with van der Waals surface area (Å²) >= 11 is 0. The van der Waals surface area contributed by atoms with Crippen LogP contribution in [0.2, 0.25) is 0 Å². The van der Waals surface area contributed by atoms with E-state index in [2.05, 4.69) is 5.32 Å². The number of sulfonamides is 1. The highest BCUT2D eigenvalue weighted by Crippen LogP contribution is 2.30. The Kier molecular flexibility index (Phi) is 5.33. The lowest BCUT2D eigenvalue weighted by Crippen LogP contribution is -2.37. The second-order valence-electron chi connectivity index (χ2n) is 6.08. The molecule has 0 spiro atoms. The lowest BCUT2D eigenvalue weighted by atomic mass is 10.0. The van der Waals surface area contributed by atoms with E-state index in [0.29, 0.717) is 11.6 Å². The molecule has 0 radical (unpaired) electrons. The topological polar surface area (TPSA) is 66.5 Å². The molecule has 2 aromatic carbocycles. The van der Waals surface area contributed by atoms with Crippen molar-refractivity contribution >= 4 is 15.9 Å². The third-order valence-corrected chi connectivity index (χ3v) is 6.10. The normalized spacial score (nSPS) is 19.0. The van der Waals surface area contributed by atoms with Gasteiger partial charge in [-0.15, -0.1) is 0 Å². The molecule has 3 rings (SSSR count). The van der Waals surface area contributed by atoms with E-state index in [1.54, 1.807) is 30.3 Å². The number of halogens is 2. The van der Waals surface area contributed by atoms with Crippen molar-refractivity contribution in [1.29, 1.82) is 0 Å². The van der Waals surface area contributed by atoms with Crippen molar-refractivity contribution in [1.82, 2.24) is 9.62 Å². The molecule has 138 valence electrons. The van der Waals surface area contributed by atoms with Crippen LogP contribution < -0.4 is 5.32 Å². The van der Waals surface area contributed by atoms with Crippen molar-refractivity contribution in [3.8, 4) is 0 Å². The van der Waals surface area contributed by atoms with Gasteiger partial charge in [-0.05, 0) is 11.6 Å². The average Bonchev–Trinajstić information content (AvgIpc) is 2.80. The molecule has 0 aromatic heterocycles. The van der Waals surface area contributed by atoms with Crippen molar-refractivity contribution in [2.45, 2.75) is 18.2 Å². The van der Waals surface area contributed by atoms with Crippen LogP contribution in [-0.2, 0) is 20.6 Å². The van der Waals surface area contributed by atoms with E-state index in [1.165, 1.54) is 4.31 Å². The summed E-state index contributed by atoms with van der Waals surface area (Å²) in [5.74, 6) is -2.52. The maximum atomic E-state index is 13.9. The van der Waals surface area contributed by atoms with Crippen LogP contribution in [0, 0.1) is 11.6 Å². The zero-order valence-corrected chi connectivity index (χ0v) is 14.7. The van der Waals surface area contributed by atoms with E-state index in [4.69, 9.17) is 0 Å². The Labute approximate surface area is 150 Å². The molecule has 1 saturated heterocycles. The van der Waals surface area contributed by atoms with Crippen molar-refractivity contribution in [3.05, 3.63) is 71.3 Å². The molecule has 1 atom stereocenters. The van der Waals surface area contributed by atoms with E-state index < -0.39 is 33.5 Å². The summed E-state index contributed by atoms with van der Waals surface area (Å²) in [6.45, 7) is 0.254. The molecule has 1 N–H and O–H groups in total. The zero-order chi connectivity index (χ0) is 18.7. The summed E-state index contributed by atoms with van der Waals surface area (Å²) in [5.41, 5.74) is 0.578. The molecular formula is C18H18F2N2O3S. The average molecular weight is 380 g/mol. The molecule has 26 heavy (non-hydrogen) atoms. The molecule has 1 aliphatic heterocycles. The van der Waals surface area contributed by atoms with Crippen LogP contribution in [0.1, 0.15) is 23.6 Å². The molecule has 0 saturated carbocycles. The lowest BCUT2D eigenvalue weighted by Gasteiger charge is -2.28. The fourth-order valence-electron chi connectivity index (χ4n) is 3.02. The highest BCUT2D eigenvalue weighted by molar-refractivity contribution is 7.88. The van der Waals surface area contributed by atoms with E-state index in [9.17, 15) is 22.0 Å².